The third-order valence-electron chi connectivity index (χ3n) is 4.68. The number of nitrogens with one attached hydrogen (secondary N) is 1. The van der Waals surface area contributed by atoms with Crippen LogP contribution < -0.4 is 16.1 Å². The average molecular weight is 369 g/mol. The highest BCUT2D eigenvalue weighted by Gasteiger charge is 2.24. The Morgan fingerprint density at radius 3 is 2.67 bits per heavy atom. The normalized spacial score (nSPS) is 14.7. The maximum absolute atomic E-state index is 12.5. The number of nitrogens with zero attached hydrogens (tertiary/aromatic N) is 4. The van der Waals surface area contributed by atoms with Gasteiger partial charge in [0.05, 0.1) is 0 Å². The molecular formula is C18H19N5O4. The number of benzene rings is 1. The lowest BCUT2D eigenvalue weighted by Crippen LogP contribution is -2.50. The zero-order chi connectivity index (χ0) is 19.0. The van der Waals surface area contributed by atoms with Crippen LogP contribution in [-0.4, -0.2) is 51.5 Å². The number of oxazole rings is 1. The van der Waals surface area contributed by atoms with E-state index in [1.807, 2.05) is 29.2 Å². The van der Waals surface area contributed by atoms with E-state index >= 15 is 0 Å². The van der Waals surface area contributed by atoms with E-state index in [-0.39, 0.29) is 12.5 Å². The van der Waals surface area contributed by atoms with Gasteiger partial charge in [-0.15, -0.1) is 0 Å². The van der Waals surface area contributed by atoms with E-state index in [9.17, 15) is 14.4 Å². The van der Waals surface area contributed by atoms with E-state index < -0.39 is 11.2 Å². The van der Waals surface area contributed by atoms with Crippen LogP contribution in [0.3, 0.4) is 0 Å². The quantitative estimate of drug-likeness (QED) is 0.714. The Morgan fingerprint density at radius 1 is 1.19 bits per heavy atom. The number of rotatable bonds is 3. The number of amides is 1. The van der Waals surface area contributed by atoms with Crippen molar-refractivity contribution in [2.75, 3.05) is 31.1 Å². The summed E-state index contributed by atoms with van der Waals surface area (Å²) in [5.41, 5.74) is 0.917. The molecule has 140 valence electrons. The van der Waals surface area contributed by atoms with Crippen LogP contribution in [0.15, 0.2) is 44.5 Å². The number of hydrogen-bond donors (Lipinski definition) is 1. The first-order chi connectivity index (χ1) is 13.0. The van der Waals surface area contributed by atoms with Gasteiger partial charge in [0.15, 0.2) is 5.58 Å². The molecule has 0 radical (unpaired) electrons. The molecular weight excluding hydrogens is 350 g/mol. The molecule has 0 atom stereocenters. The zero-order valence-electron chi connectivity index (χ0n) is 14.8. The Kier molecular flexibility index (Phi) is 4.27. The number of fused-ring (bicyclic) bond motifs is 1. The number of piperazine rings is 1. The van der Waals surface area contributed by atoms with Crippen molar-refractivity contribution in [1.29, 1.82) is 0 Å². The fourth-order valence-corrected chi connectivity index (χ4v) is 3.12. The van der Waals surface area contributed by atoms with Crippen LogP contribution in [0.25, 0.3) is 11.1 Å². The van der Waals surface area contributed by atoms with Gasteiger partial charge in [0.25, 0.3) is 11.6 Å². The molecule has 0 bridgehead atoms. The van der Waals surface area contributed by atoms with E-state index in [4.69, 9.17) is 4.42 Å². The molecule has 0 saturated carbocycles. The smallest absolute Gasteiger partial charge is 0.328 e. The number of aromatic amines is 1. The minimum atomic E-state index is -0.580. The molecule has 9 heteroatoms. The summed E-state index contributed by atoms with van der Waals surface area (Å²) in [7, 11) is 0. The van der Waals surface area contributed by atoms with Gasteiger partial charge in [-0.2, -0.15) is 4.98 Å². The molecule has 1 aliphatic heterocycles. The van der Waals surface area contributed by atoms with Gasteiger partial charge >= 0.3 is 5.69 Å². The topological polar surface area (TPSA) is 104 Å². The van der Waals surface area contributed by atoms with Gasteiger partial charge in [-0.1, -0.05) is 12.1 Å². The first kappa shape index (κ1) is 17.1. The second-order valence-electron chi connectivity index (χ2n) is 6.53. The summed E-state index contributed by atoms with van der Waals surface area (Å²) in [5.74, 6) is -0.166. The predicted octanol–water partition coefficient (Wildman–Crippen LogP) is 0.335. The Bertz CT molecular complexity index is 1070. The molecule has 1 fully saturated rings. The molecule has 0 unspecified atom stereocenters. The number of carbonyl (C=O) groups is 1. The summed E-state index contributed by atoms with van der Waals surface area (Å²) in [5, 5.41) is 0. The standard InChI is InChI=1S/C18H19N5O4/c1-12-10-23(17(26)20-16(12)25)11-15(24)21-6-8-22(9-7-21)18-19-13-4-2-3-5-14(13)27-18/h2-5,10H,6-9,11H2,1H3,(H,20,25,26). The Morgan fingerprint density at radius 2 is 1.93 bits per heavy atom. The fraction of sp³-hybridized carbons (Fsp3) is 0.333. The molecule has 1 amide bonds. The summed E-state index contributed by atoms with van der Waals surface area (Å²) >= 11 is 0. The van der Waals surface area contributed by atoms with Gasteiger partial charge in [0.2, 0.25) is 5.91 Å². The molecule has 4 rings (SSSR count). The van der Waals surface area contributed by atoms with E-state index in [0.29, 0.717) is 37.8 Å². The van der Waals surface area contributed by atoms with Crippen LogP contribution in [0.5, 0.6) is 0 Å². The van der Waals surface area contributed by atoms with E-state index in [2.05, 4.69) is 9.97 Å². The van der Waals surface area contributed by atoms with Crippen LogP contribution in [-0.2, 0) is 11.3 Å². The second kappa shape index (κ2) is 6.75. The maximum atomic E-state index is 12.5. The molecule has 0 aliphatic carbocycles. The number of aromatic nitrogens is 3. The van der Waals surface area contributed by atoms with Gasteiger partial charge in [-0.25, -0.2) is 4.79 Å². The van der Waals surface area contributed by atoms with Gasteiger partial charge in [0, 0.05) is 37.9 Å². The molecule has 1 aromatic carbocycles. The minimum Gasteiger partial charge on any atom is -0.423 e. The van der Waals surface area contributed by atoms with Crippen LogP contribution in [0, 0.1) is 6.92 Å². The largest absolute Gasteiger partial charge is 0.423 e. The van der Waals surface area contributed by atoms with Crippen LogP contribution in [0.1, 0.15) is 5.56 Å². The molecule has 2 aromatic heterocycles. The summed E-state index contributed by atoms with van der Waals surface area (Å²) in [6, 6.07) is 8.12. The van der Waals surface area contributed by atoms with Crippen LogP contribution >= 0.6 is 0 Å². The SMILES string of the molecule is Cc1cn(CC(=O)N2CCN(c3nc4ccccc4o3)CC2)c(=O)[nH]c1=O. The summed E-state index contributed by atoms with van der Waals surface area (Å²) in [6.45, 7) is 3.71. The highest BCUT2D eigenvalue weighted by molar-refractivity contribution is 5.76. The number of carbonyl (C=O) groups excluding carboxylic acids is 1. The minimum absolute atomic E-state index is 0.0979. The van der Waals surface area contributed by atoms with Crippen molar-refractivity contribution >= 4 is 23.0 Å². The number of anilines is 1. The lowest BCUT2D eigenvalue weighted by molar-refractivity contribution is -0.132. The molecule has 3 heterocycles. The number of hydrogen-bond acceptors (Lipinski definition) is 6. The van der Waals surface area contributed by atoms with Gasteiger partial charge < -0.3 is 14.2 Å². The lowest BCUT2D eigenvalue weighted by atomic mass is 10.3. The lowest BCUT2D eigenvalue weighted by Gasteiger charge is -2.33. The Balaban J connectivity index is 1.41. The predicted molar refractivity (Wildman–Crippen MR) is 98.9 cm³/mol. The van der Waals surface area contributed by atoms with Crippen molar-refractivity contribution in [3.63, 3.8) is 0 Å². The summed E-state index contributed by atoms with van der Waals surface area (Å²) < 4.78 is 7.00. The first-order valence-electron chi connectivity index (χ1n) is 8.70. The molecule has 1 saturated heterocycles. The van der Waals surface area contributed by atoms with E-state index in [1.54, 1.807) is 11.8 Å². The number of para-hydroxylation sites is 2. The van der Waals surface area contributed by atoms with Crippen LogP contribution in [0.4, 0.5) is 6.01 Å². The molecule has 0 spiro atoms. The molecule has 27 heavy (non-hydrogen) atoms. The third-order valence-corrected chi connectivity index (χ3v) is 4.68. The molecule has 1 aliphatic rings. The Labute approximate surface area is 153 Å². The molecule has 3 aromatic rings. The number of H-pyrrole nitrogens is 1. The summed E-state index contributed by atoms with van der Waals surface area (Å²) in [6.07, 6.45) is 1.41. The zero-order valence-corrected chi connectivity index (χ0v) is 14.8. The van der Waals surface area contributed by atoms with Crippen molar-refractivity contribution in [2.45, 2.75) is 13.5 Å². The van der Waals surface area contributed by atoms with Gasteiger partial charge in [0.1, 0.15) is 12.1 Å². The summed E-state index contributed by atoms with van der Waals surface area (Å²) in [4.78, 5) is 46.2. The highest BCUT2D eigenvalue weighted by Crippen LogP contribution is 2.22. The molecule has 9 nitrogen and oxygen atoms in total. The van der Waals surface area contributed by atoms with E-state index in [1.165, 1.54) is 10.8 Å². The third kappa shape index (κ3) is 3.35. The Hall–Kier alpha value is -3.36. The van der Waals surface area contributed by atoms with Gasteiger partial charge in [-0.3, -0.25) is 19.1 Å². The fourth-order valence-electron chi connectivity index (χ4n) is 3.12. The van der Waals surface area contributed by atoms with Crippen molar-refractivity contribution in [3.8, 4) is 0 Å². The molecule has 1 N–H and O–H groups in total. The average Bonchev–Trinajstić information content (AvgIpc) is 3.10. The van der Waals surface area contributed by atoms with Crippen molar-refractivity contribution in [2.24, 2.45) is 0 Å². The maximum Gasteiger partial charge on any atom is 0.328 e. The monoisotopic (exact) mass is 369 g/mol. The van der Waals surface area contributed by atoms with Crippen molar-refractivity contribution in [1.82, 2.24) is 19.4 Å². The number of aryl methyl sites for hydroxylation is 1. The first-order valence-corrected chi connectivity index (χ1v) is 8.70. The van der Waals surface area contributed by atoms with Crippen LogP contribution in [0.2, 0.25) is 0 Å². The van der Waals surface area contributed by atoms with Gasteiger partial charge in [-0.05, 0) is 19.1 Å². The van der Waals surface area contributed by atoms with Crippen molar-refractivity contribution in [3.05, 3.63) is 56.9 Å². The van der Waals surface area contributed by atoms with E-state index in [0.717, 1.165) is 11.1 Å². The highest BCUT2D eigenvalue weighted by atomic mass is 16.4. The van der Waals surface area contributed by atoms with Crippen molar-refractivity contribution < 1.29 is 9.21 Å². The second-order valence-corrected chi connectivity index (χ2v) is 6.53.